The minimum Gasteiger partial charge on any atom is -0.346 e. The van der Waals surface area contributed by atoms with E-state index in [0.717, 1.165) is 42.9 Å². The molecule has 0 spiro atoms. The molecule has 1 fully saturated rings. The number of benzene rings is 1. The highest BCUT2D eigenvalue weighted by atomic mass is 16.1. The maximum atomic E-state index is 12.5. The van der Waals surface area contributed by atoms with Crippen molar-refractivity contribution >= 4 is 22.5 Å². The standard InChI is InChI=1S/C21H27N5O/c1-3-25(4-2)11-12-26-10-9-16-13-17(7-8-20(16)26)22-21(27)19-14-18(23-24-19)15-5-6-15/h7-10,13-15H,3-6,11-12H2,1-2H3,(H,22,27)(H,23,24). The zero-order chi connectivity index (χ0) is 18.8. The van der Waals surface area contributed by atoms with Crippen LogP contribution in [0.4, 0.5) is 5.69 Å². The van der Waals surface area contributed by atoms with E-state index in [9.17, 15) is 4.79 Å². The van der Waals surface area contributed by atoms with Gasteiger partial charge in [-0.05, 0) is 56.3 Å². The molecule has 0 unspecified atom stereocenters. The van der Waals surface area contributed by atoms with Crippen LogP contribution in [0.3, 0.4) is 0 Å². The number of H-pyrrole nitrogens is 1. The average molecular weight is 365 g/mol. The molecule has 2 aromatic heterocycles. The molecule has 6 heteroatoms. The van der Waals surface area contributed by atoms with Gasteiger partial charge in [0, 0.05) is 47.5 Å². The van der Waals surface area contributed by atoms with Gasteiger partial charge in [0.05, 0.1) is 0 Å². The normalized spacial score (nSPS) is 14.2. The predicted octanol–water partition coefficient (Wildman–Crippen LogP) is 3.84. The first-order chi connectivity index (χ1) is 13.2. The Kier molecular flexibility index (Phi) is 4.99. The second kappa shape index (κ2) is 7.56. The summed E-state index contributed by atoms with van der Waals surface area (Å²) in [6.07, 6.45) is 4.49. The van der Waals surface area contributed by atoms with E-state index in [4.69, 9.17) is 0 Å². The molecule has 142 valence electrons. The van der Waals surface area contributed by atoms with E-state index in [1.165, 1.54) is 18.4 Å². The Morgan fingerprint density at radius 2 is 2.07 bits per heavy atom. The first kappa shape index (κ1) is 17.8. The fourth-order valence-corrected chi connectivity index (χ4v) is 3.51. The number of hydrogen-bond donors (Lipinski definition) is 2. The lowest BCUT2D eigenvalue weighted by molar-refractivity contribution is 0.102. The van der Waals surface area contributed by atoms with Gasteiger partial charge in [-0.2, -0.15) is 5.10 Å². The van der Waals surface area contributed by atoms with Crippen molar-refractivity contribution in [2.75, 3.05) is 25.0 Å². The summed E-state index contributed by atoms with van der Waals surface area (Å²) in [6, 6.07) is 10.0. The minimum atomic E-state index is -0.168. The van der Waals surface area contributed by atoms with E-state index in [0.29, 0.717) is 11.6 Å². The van der Waals surface area contributed by atoms with E-state index in [-0.39, 0.29) is 5.91 Å². The van der Waals surface area contributed by atoms with Crippen molar-refractivity contribution in [3.63, 3.8) is 0 Å². The molecule has 0 saturated heterocycles. The lowest BCUT2D eigenvalue weighted by Crippen LogP contribution is -2.26. The van der Waals surface area contributed by atoms with Gasteiger partial charge in [0.1, 0.15) is 0 Å². The molecule has 0 bridgehead atoms. The first-order valence-corrected chi connectivity index (χ1v) is 9.85. The smallest absolute Gasteiger partial charge is 0.276 e. The largest absolute Gasteiger partial charge is 0.346 e. The second-order valence-corrected chi connectivity index (χ2v) is 7.25. The number of aromatic amines is 1. The summed E-state index contributed by atoms with van der Waals surface area (Å²) in [5, 5.41) is 11.2. The van der Waals surface area contributed by atoms with Crippen LogP contribution in [0, 0.1) is 0 Å². The van der Waals surface area contributed by atoms with Gasteiger partial charge in [-0.3, -0.25) is 9.89 Å². The Morgan fingerprint density at radius 1 is 1.26 bits per heavy atom. The number of rotatable bonds is 8. The number of fused-ring (bicyclic) bond motifs is 1. The highest BCUT2D eigenvalue weighted by Gasteiger charge is 2.26. The summed E-state index contributed by atoms with van der Waals surface area (Å²) in [6.45, 7) is 8.54. The third kappa shape index (κ3) is 3.90. The number of hydrogen-bond acceptors (Lipinski definition) is 3. The zero-order valence-corrected chi connectivity index (χ0v) is 16.0. The Bertz CT molecular complexity index is 933. The topological polar surface area (TPSA) is 65.9 Å². The van der Waals surface area contributed by atoms with E-state index in [1.807, 2.05) is 18.2 Å². The van der Waals surface area contributed by atoms with E-state index < -0.39 is 0 Å². The van der Waals surface area contributed by atoms with Crippen LogP contribution < -0.4 is 5.32 Å². The molecule has 1 amide bonds. The van der Waals surface area contributed by atoms with Crippen molar-refractivity contribution in [1.82, 2.24) is 19.7 Å². The molecule has 1 aliphatic carbocycles. The van der Waals surface area contributed by atoms with E-state index in [1.54, 1.807) is 0 Å². The molecule has 6 nitrogen and oxygen atoms in total. The maximum Gasteiger partial charge on any atom is 0.276 e. The fraction of sp³-hybridized carbons (Fsp3) is 0.429. The summed E-state index contributed by atoms with van der Waals surface area (Å²) in [5.74, 6) is 0.393. The van der Waals surface area contributed by atoms with Gasteiger partial charge in [0.15, 0.2) is 5.69 Å². The zero-order valence-electron chi connectivity index (χ0n) is 16.0. The van der Waals surface area contributed by atoms with Crippen LogP contribution in [0.5, 0.6) is 0 Å². The average Bonchev–Trinajstić information content (AvgIpc) is 3.27. The van der Waals surface area contributed by atoms with Crippen molar-refractivity contribution in [3.05, 3.63) is 47.9 Å². The number of anilines is 1. The van der Waals surface area contributed by atoms with Crippen LogP contribution in [0.15, 0.2) is 36.5 Å². The van der Waals surface area contributed by atoms with Crippen LogP contribution in [0.1, 0.15) is 48.8 Å². The monoisotopic (exact) mass is 365 g/mol. The molecule has 0 radical (unpaired) electrons. The van der Waals surface area contributed by atoms with Crippen LogP contribution in [0.25, 0.3) is 10.9 Å². The Hall–Kier alpha value is -2.60. The lowest BCUT2D eigenvalue weighted by atomic mass is 10.2. The Balaban J connectivity index is 1.44. The molecule has 2 N–H and O–H groups in total. The number of carbonyl (C=O) groups is 1. The number of likely N-dealkylation sites (N-methyl/N-ethyl adjacent to an activating group) is 1. The molecule has 2 heterocycles. The molecule has 4 rings (SSSR count). The van der Waals surface area contributed by atoms with Crippen molar-refractivity contribution in [2.24, 2.45) is 0 Å². The van der Waals surface area contributed by atoms with Crippen LogP contribution in [0.2, 0.25) is 0 Å². The van der Waals surface area contributed by atoms with Crippen molar-refractivity contribution in [2.45, 2.75) is 39.2 Å². The Labute approximate surface area is 159 Å². The summed E-state index contributed by atoms with van der Waals surface area (Å²) in [7, 11) is 0. The number of carbonyl (C=O) groups excluding carboxylic acids is 1. The lowest BCUT2D eigenvalue weighted by Gasteiger charge is -2.18. The van der Waals surface area contributed by atoms with Gasteiger partial charge in [-0.1, -0.05) is 13.8 Å². The highest BCUT2D eigenvalue weighted by Crippen LogP contribution is 2.39. The highest BCUT2D eigenvalue weighted by molar-refractivity contribution is 6.03. The maximum absolute atomic E-state index is 12.5. The minimum absolute atomic E-state index is 0.168. The van der Waals surface area contributed by atoms with Crippen molar-refractivity contribution in [1.29, 1.82) is 0 Å². The first-order valence-electron chi connectivity index (χ1n) is 9.85. The number of amides is 1. The fourth-order valence-electron chi connectivity index (χ4n) is 3.51. The summed E-state index contributed by atoms with van der Waals surface area (Å²) in [5.41, 5.74) is 3.51. The van der Waals surface area contributed by atoms with E-state index >= 15 is 0 Å². The summed E-state index contributed by atoms with van der Waals surface area (Å²) in [4.78, 5) is 14.9. The van der Waals surface area contributed by atoms with Gasteiger partial charge in [-0.25, -0.2) is 0 Å². The summed E-state index contributed by atoms with van der Waals surface area (Å²) >= 11 is 0. The van der Waals surface area contributed by atoms with Crippen LogP contribution in [-0.2, 0) is 6.54 Å². The number of nitrogens with zero attached hydrogens (tertiary/aromatic N) is 3. The van der Waals surface area contributed by atoms with Gasteiger partial charge in [0.25, 0.3) is 5.91 Å². The molecule has 0 atom stereocenters. The molecule has 1 aromatic carbocycles. The SMILES string of the molecule is CCN(CC)CCn1ccc2cc(NC(=O)c3cc(C4CC4)[nH]n3)ccc21. The molecule has 1 saturated carbocycles. The van der Waals surface area contributed by atoms with Crippen molar-refractivity contribution in [3.8, 4) is 0 Å². The number of nitrogens with one attached hydrogen (secondary N) is 2. The van der Waals surface area contributed by atoms with Gasteiger partial charge in [0.2, 0.25) is 0 Å². The molecule has 0 aliphatic heterocycles. The third-order valence-electron chi connectivity index (χ3n) is 5.43. The molecular formula is C21H27N5O. The van der Waals surface area contributed by atoms with Crippen LogP contribution in [-0.4, -0.2) is 45.2 Å². The molecule has 27 heavy (non-hydrogen) atoms. The molecule has 1 aliphatic rings. The predicted molar refractivity (Wildman–Crippen MR) is 108 cm³/mol. The van der Waals surface area contributed by atoms with E-state index in [2.05, 4.69) is 57.2 Å². The molecule has 3 aromatic rings. The third-order valence-corrected chi connectivity index (χ3v) is 5.43. The van der Waals surface area contributed by atoms with Gasteiger partial charge < -0.3 is 14.8 Å². The Morgan fingerprint density at radius 3 is 2.81 bits per heavy atom. The number of aromatic nitrogens is 3. The van der Waals surface area contributed by atoms with Gasteiger partial charge in [-0.15, -0.1) is 0 Å². The second-order valence-electron chi connectivity index (χ2n) is 7.25. The summed E-state index contributed by atoms with van der Waals surface area (Å²) < 4.78 is 2.27. The van der Waals surface area contributed by atoms with Gasteiger partial charge >= 0.3 is 0 Å². The quantitative estimate of drug-likeness (QED) is 0.637. The van der Waals surface area contributed by atoms with Crippen molar-refractivity contribution < 1.29 is 4.79 Å². The molecular weight excluding hydrogens is 338 g/mol. The van der Waals surface area contributed by atoms with Crippen LogP contribution >= 0.6 is 0 Å².